The molecule has 0 radical (unpaired) electrons. The van der Waals surface area contributed by atoms with Gasteiger partial charge in [-0.05, 0) is 0 Å². The number of hydrogen-bond acceptors (Lipinski definition) is 6. The van der Waals surface area contributed by atoms with Crippen LogP contribution in [0, 0.1) is 0 Å². The zero-order valence-corrected chi connectivity index (χ0v) is 13.7. The Kier molecular flexibility index (Phi) is 11.5. The predicted octanol–water partition coefficient (Wildman–Crippen LogP) is -2.24. The number of hydrogen-bond donors (Lipinski definition) is 0. The molecule has 0 aliphatic heterocycles. The van der Waals surface area contributed by atoms with Gasteiger partial charge in [-0.1, -0.05) is 0 Å². The first kappa shape index (κ1) is 20.5. The Morgan fingerprint density at radius 2 is 1.17 bits per heavy atom. The molecular weight excluding hydrogens is 282 g/mol. The molecule has 0 N–H and O–H groups in total. The van der Waals surface area contributed by atoms with Gasteiger partial charge in [-0.3, -0.25) is 0 Å². The van der Waals surface area contributed by atoms with Crippen molar-refractivity contribution in [2.45, 2.75) is 12.5 Å². The Morgan fingerprint density at radius 1 is 0.778 bits per heavy atom. The zero-order valence-electron chi connectivity index (χ0n) is 11.9. The maximum Gasteiger partial charge on any atom is 0.500 e. The van der Waals surface area contributed by atoms with E-state index in [9.17, 15) is 0 Å². The zero-order chi connectivity index (χ0) is 13.4. The van der Waals surface area contributed by atoms with Gasteiger partial charge in [0, 0.05) is 33.8 Å². The summed E-state index contributed by atoms with van der Waals surface area (Å²) >= 11 is 0. The molecule has 0 aliphatic carbocycles. The summed E-state index contributed by atoms with van der Waals surface area (Å²) in [4.78, 5) is 15.1. The van der Waals surface area contributed by atoms with Crippen molar-refractivity contribution in [3.8, 4) is 0 Å². The van der Waals surface area contributed by atoms with E-state index in [0.29, 0.717) is 12.6 Å². The lowest BCUT2D eigenvalue weighted by molar-refractivity contribution is -1.36. The van der Waals surface area contributed by atoms with Crippen molar-refractivity contribution in [2.75, 3.05) is 49.2 Å². The average molecular weight is 306 g/mol. The van der Waals surface area contributed by atoms with Gasteiger partial charge in [-0.25, -0.2) is 0 Å². The first-order chi connectivity index (χ1) is 8.07. The van der Waals surface area contributed by atoms with E-state index in [-0.39, 0.29) is 17.4 Å². The highest BCUT2D eigenvalue weighted by atomic mass is 35.5. The van der Waals surface area contributed by atoms with Crippen LogP contribution in [0.1, 0.15) is 6.42 Å². The van der Waals surface area contributed by atoms with Crippen LogP contribution < -0.4 is 12.4 Å². The van der Waals surface area contributed by atoms with Crippen LogP contribution in [0.2, 0.25) is 6.04 Å². The fourth-order valence-corrected chi connectivity index (χ4v) is 3.25. The molecule has 0 aromatic rings. The lowest BCUT2D eigenvalue weighted by Gasteiger charge is -2.27. The molecule has 0 spiro atoms. The second-order valence-corrected chi connectivity index (χ2v) is 6.37. The summed E-state index contributed by atoms with van der Waals surface area (Å²) in [7, 11) is 6.77. The van der Waals surface area contributed by atoms with E-state index in [4.69, 9.17) is 27.8 Å². The highest BCUT2D eigenvalue weighted by molar-refractivity contribution is 6.60. The standard InChI is InChI=1S/C9H24NO6Si.ClH/c1-11-10(12-2,13-3)8-7-9-17(14-4,15-5)16-6;/h7-9H2,1-6H3;1H/q+1;/p-1. The van der Waals surface area contributed by atoms with E-state index < -0.39 is 8.80 Å². The second-order valence-electron chi connectivity index (χ2n) is 3.28. The molecule has 0 atom stereocenters. The van der Waals surface area contributed by atoms with E-state index in [1.54, 1.807) is 21.3 Å². The largest absolute Gasteiger partial charge is 1.00 e. The van der Waals surface area contributed by atoms with Gasteiger partial charge >= 0.3 is 8.80 Å². The summed E-state index contributed by atoms with van der Waals surface area (Å²) < 4.78 is 16.0. The highest BCUT2D eigenvalue weighted by Crippen LogP contribution is 2.18. The molecular formula is C9H24ClNO6Si. The lowest BCUT2D eigenvalue weighted by atomic mass is 10.5. The Hall–Kier alpha value is 0.227. The fourth-order valence-electron chi connectivity index (χ4n) is 1.54. The number of halogens is 1. The normalized spacial score (nSPS) is 12.3. The van der Waals surface area contributed by atoms with Crippen molar-refractivity contribution in [3.63, 3.8) is 0 Å². The molecule has 9 heteroatoms. The minimum Gasteiger partial charge on any atom is -1.00 e. The summed E-state index contributed by atoms with van der Waals surface area (Å²) in [6.07, 6.45) is 0.720. The molecule has 0 aromatic heterocycles. The van der Waals surface area contributed by atoms with Gasteiger partial charge < -0.3 is 25.7 Å². The Labute approximate surface area is 116 Å². The van der Waals surface area contributed by atoms with Crippen molar-refractivity contribution in [3.05, 3.63) is 0 Å². The van der Waals surface area contributed by atoms with Crippen molar-refractivity contribution >= 4 is 8.80 Å². The van der Waals surface area contributed by atoms with Gasteiger partial charge in [0.25, 0.3) is 0 Å². The van der Waals surface area contributed by atoms with Crippen LogP contribution in [0.25, 0.3) is 0 Å². The molecule has 0 bridgehead atoms. The molecule has 112 valence electrons. The summed E-state index contributed by atoms with van der Waals surface area (Å²) in [5, 5.41) is 0. The Bertz CT molecular complexity index is 167. The Balaban J connectivity index is 0. The molecule has 0 rings (SSSR count). The summed E-state index contributed by atoms with van der Waals surface area (Å²) in [5.41, 5.74) is 0. The van der Waals surface area contributed by atoms with Crippen LogP contribution in [0.5, 0.6) is 0 Å². The van der Waals surface area contributed by atoms with Crippen molar-refractivity contribution in [2.24, 2.45) is 0 Å². The van der Waals surface area contributed by atoms with E-state index in [2.05, 4.69) is 0 Å². The lowest BCUT2D eigenvalue weighted by Crippen LogP contribution is -3.00. The SMILES string of the molecule is CO[N+](CCC[Si](OC)(OC)OC)(OC)OC.[Cl-]. The monoisotopic (exact) mass is 305 g/mol. The van der Waals surface area contributed by atoms with Crippen LogP contribution in [0.4, 0.5) is 0 Å². The van der Waals surface area contributed by atoms with Gasteiger partial charge in [0.05, 0.1) is 4.97 Å². The average Bonchev–Trinajstić information content (AvgIpc) is 2.41. The molecule has 0 heterocycles. The van der Waals surface area contributed by atoms with Crippen molar-refractivity contribution in [1.29, 1.82) is 0 Å². The minimum atomic E-state index is -2.53. The third-order valence-corrected chi connectivity index (χ3v) is 5.51. The van der Waals surface area contributed by atoms with Crippen molar-refractivity contribution < 1.29 is 45.2 Å². The third kappa shape index (κ3) is 5.47. The maximum atomic E-state index is 5.32. The van der Waals surface area contributed by atoms with Crippen LogP contribution in [0.3, 0.4) is 0 Å². The predicted molar refractivity (Wildman–Crippen MR) is 62.4 cm³/mol. The van der Waals surface area contributed by atoms with Crippen LogP contribution in [-0.4, -0.2) is 63.0 Å². The summed E-state index contributed by atoms with van der Waals surface area (Å²) in [6.45, 7) is 0.508. The van der Waals surface area contributed by atoms with E-state index in [1.165, 1.54) is 21.3 Å². The molecule has 0 unspecified atom stereocenters. The number of quaternary nitrogens is 1. The Morgan fingerprint density at radius 3 is 1.44 bits per heavy atom. The molecule has 18 heavy (non-hydrogen) atoms. The number of hydroxylamine groups is 3. The molecule has 0 saturated heterocycles. The highest BCUT2D eigenvalue weighted by Gasteiger charge is 2.40. The van der Waals surface area contributed by atoms with Crippen LogP contribution in [0.15, 0.2) is 0 Å². The van der Waals surface area contributed by atoms with Crippen molar-refractivity contribution in [1.82, 2.24) is 0 Å². The van der Waals surface area contributed by atoms with E-state index in [0.717, 1.165) is 6.42 Å². The second kappa shape index (κ2) is 10.1. The van der Waals surface area contributed by atoms with E-state index in [1.807, 2.05) is 0 Å². The molecule has 0 amide bonds. The molecule has 0 aromatic carbocycles. The summed E-state index contributed by atoms with van der Waals surface area (Å²) in [5.74, 6) is 0. The topological polar surface area (TPSA) is 55.4 Å². The van der Waals surface area contributed by atoms with Gasteiger partial charge in [0.1, 0.15) is 21.3 Å². The fraction of sp³-hybridized carbons (Fsp3) is 1.00. The first-order valence-corrected chi connectivity index (χ1v) is 7.21. The van der Waals surface area contributed by atoms with Gasteiger partial charge in [-0.15, -0.1) is 14.5 Å². The van der Waals surface area contributed by atoms with E-state index >= 15 is 0 Å². The van der Waals surface area contributed by atoms with Crippen LogP contribution >= 0.6 is 0 Å². The molecule has 0 fully saturated rings. The van der Waals surface area contributed by atoms with Gasteiger partial charge in [0.2, 0.25) is 0 Å². The molecule has 0 aliphatic rings. The maximum absolute atomic E-state index is 5.32. The minimum absolute atomic E-state index is 0. The number of rotatable bonds is 10. The third-order valence-electron chi connectivity index (χ3n) is 2.68. The van der Waals surface area contributed by atoms with Gasteiger partial charge in [0.15, 0.2) is 6.54 Å². The number of nitrogens with zero attached hydrogens (tertiary/aromatic N) is 1. The van der Waals surface area contributed by atoms with Gasteiger partial charge in [-0.2, -0.15) is 0 Å². The molecule has 7 nitrogen and oxygen atoms in total. The smallest absolute Gasteiger partial charge is 0.500 e. The first-order valence-electron chi connectivity index (χ1n) is 5.28. The quantitative estimate of drug-likeness (QED) is 0.258. The van der Waals surface area contributed by atoms with Crippen LogP contribution in [-0.2, 0) is 27.8 Å². The summed E-state index contributed by atoms with van der Waals surface area (Å²) in [6, 6.07) is 0.659. The molecule has 0 saturated carbocycles.